The highest BCUT2D eigenvalue weighted by Crippen LogP contribution is 2.36. The molecule has 134 valence electrons. The summed E-state index contributed by atoms with van der Waals surface area (Å²) in [7, 11) is 0. The molecular formula is C17H13F6NO. The first-order valence-electron chi connectivity index (χ1n) is 7.14. The second-order valence-corrected chi connectivity index (χ2v) is 5.40. The van der Waals surface area contributed by atoms with Crippen LogP contribution in [0.25, 0.3) is 0 Å². The van der Waals surface area contributed by atoms with Gasteiger partial charge in [0.1, 0.15) is 0 Å². The Hall–Kier alpha value is -2.51. The Kier molecular flexibility index (Phi) is 5.10. The third-order valence-electron chi connectivity index (χ3n) is 3.50. The van der Waals surface area contributed by atoms with Gasteiger partial charge in [0.2, 0.25) is 0 Å². The lowest BCUT2D eigenvalue weighted by atomic mass is 10.0. The molecular weight excluding hydrogens is 348 g/mol. The van der Waals surface area contributed by atoms with Gasteiger partial charge in [0.25, 0.3) is 5.91 Å². The Morgan fingerprint density at radius 2 is 1.36 bits per heavy atom. The molecule has 0 saturated heterocycles. The van der Waals surface area contributed by atoms with Crippen molar-refractivity contribution in [2.45, 2.75) is 25.3 Å². The molecule has 0 bridgehead atoms. The van der Waals surface area contributed by atoms with E-state index < -0.39 is 41.0 Å². The summed E-state index contributed by atoms with van der Waals surface area (Å²) in [6.07, 6.45) is -10.00. The maximum absolute atomic E-state index is 12.8. The molecule has 0 saturated carbocycles. The van der Waals surface area contributed by atoms with Crippen molar-refractivity contribution in [2.75, 3.05) is 0 Å². The molecule has 0 aromatic heterocycles. The zero-order valence-corrected chi connectivity index (χ0v) is 12.9. The Morgan fingerprint density at radius 3 is 1.80 bits per heavy atom. The quantitative estimate of drug-likeness (QED) is 0.747. The molecule has 0 radical (unpaired) electrons. The Labute approximate surface area is 139 Å². The van der Waals surface area contributed by atoms with Gasteiger partial charge in [0.15, 0.2) is 0 Å². The van der Waals surface area contributed by atoms with Crippen LogP contribution in [0, 0.1) is 0 Å². The molecule has 0 aliphatic carbocycles. The van der Waals surface area contributed by atoms with E-state index in [1.54, 1.807) is 37.3 Å². The minimum Gasteiger partial charge on any atom is -0.346 e. The van der Waals surface area contributed by atoms with Gasteiger partial charge in [-0.15, -0.1) is 0 Å². The average molecular weight is 361 g/mol. The number of carbonyl (C=O) groups excluding carboxylic acids is 1. The number of rotatable bonds is 3. The third kappa shape index (κ3) is 4.74. The third-order valence-corrected chi connectivity index (χ3v) is 3.50. The summed E-state index contributed by atoms with van der Waals surface area (Å²) in [5.41, 5.74) is -3.09. The average Bonchev–Trinajstić information content (AvgIpc) is 2.53. The molecule has 1 N–H and O–H groups in total. The molecule has 1 atom stereocenters. The van der Waals surface area contributed by atoms with Crippen LogP contribution in [0.5, 0.6) is 0 Å². The first-order chi connectivity index (χ1) is 11.5. The van der Waals surface area contributed by atoms with E-state index in [2.05, 4.69) is 5.32 Å². The molecule has 2 aromatic rings. The van der Waals surface area contributed by atoms with Crippen molar-refractivity contribution in [1.29, 1.82) is 0 Å². The van der Waals surface area contributed by atoms with Crippen molar-refractivity contribution < 1.29 is 31.1 Å². The van der Waals surface area contributed by atoms with Crippen LogP contribution in [0.1, 0.15) is 40.0 Å². The van der Waals surface area contributed by atoms with Crippen molar-refractivity contribution in [3.05, 3.63) is 70.8 Å². The van der Waals surface area contributed by atoms with Gasteiger partial charge >= 0.3 is 12.4 Å². The largest absolute Gasteiger partial charge is 0.416 e. The smallest absolute Gasteiger partial charge is 0.346 e. The van der Waals surface area contributed by atoms with Crippen LogP contribution in [0.15, 0.2) is 48.5 Å². The van der Waals surface area contributed by atoms with Crippen molar-refractivity contribution in [3.63, 3.8) is 0 Å². The number of alkyl halides is 6. The summed E-state index contributed by atoms with van der Waals surface area (Å²) in [5.74, 6) is -1.02. The highest BCUT2D eigenvalue weighted by molar-refractivity contribution is 5.95. The van der Waals surface area contributed by atoms with Crippen molar-refractivity contribution in [1.82, 2.24) is 5.32 Å². The van der Waals surface area contributed by atoms with Gasteiger partial charge in [-0.25, -0.2) is 0 Å². The molecule has 1 amide bonds. The zero-order chi connectivity index (χ0) is 18.8. The molecule has 0 spiro atoms. The molecule has 2 rings (SSSR count). The Morgan fingerprint density at radius 1 is 0.880 bits per heavy atom. The van der Waals surface area contributed by atoms with Gasteiger partial charge in [0.05, 0.1) is 17.2 Å². The molecule has 2 aromatic carbocycles. The maximum Gasteiger partial charge on any atom is 0.416 e. The first kappa shape index (κ1) is 18.8. The van der Waals surface area contributed by atoms with Gasteiger partial charge in [-0.3, -0.25) is 4.79 Å². The summed E-state index contributed by atoms with van der Waals surface area (Å²) < 4.78 is 77.0. The summed E-state index contributed by atoms with van der Waals surface area (Å²) in [6, 6.07) is 8.70. The maximum atomic E-state index is 12.8. The van der Waals surface area contributed by atoms with E-state index >= 15 is 0 Å². The van der Waals surface area contributed by atoms with Crippen LogP contribution in [0.2, 0.25) is 0 Å². The van der Waals surface area contributed by atoms with E-state index in [0.717, 1.165) is 0 Å². The van der Waals surface area contributed by atoms with E-state index in [1.165, 1.54) is 0 Å². The van der Waals surface area contributed by atoms with Crippen LogP contribution in [0.3, 0.4) is 0 Å². The lowest BCUT2D eigenvalue weighted by molar-refractivity contribution is -0.143. The van der Waals surface area contributed by atoms with Crippen molar-refractivity contribution >= 4 is 5.91 Å². The standard InChI is InChI=1S/C17H13F6NO/c1-10(11-5-3-2-4-6-11)24-15(25)12-7-13(16(18,19)20)9-14(8-12)17(21,22)23/h2-10H,1H3,(H,24,25)/t10-/m1/s1. The van der Waals surface area contributed by atoms with E-state index in [1.807, 2.05) is 0 Å². The molecule has 0 aliphatic heterocycles. The summed E-state index contributed by atoms with van der Waals surface area (Å²) in [6.45, 7) is 1.57. The first-order valence-corrected chi connectivity index (χ1v) is 7.14. The number of carbonyl (C=O) groups is 1. The van der Waals surface area contributed by atoms with Gasteiger partial charge in [-0.05, 0) is 30.7 Å². The minimum atomic E-state index is -5.00. The zero-order valence-electron chi connectivity index (χ0n) is 12.9. The van der Waals surface area contributed by atoms with Crippen LogP contribution >= 0.6 is 0 Å². The number of hydrogen-bond donors (Lipinski definition) is 1. The van der Waals surface area contributed by atoms with Gasteiger partial charge in [0, 0.05) is 5.56 Å². The molecule has 0 unspecified atom stereocenters. The van der Waals surface area contributed by atoms with Gasteiger partial charge in [-0.1, -0.05) is 30.3 Å². The molecule has 0 heterocycles. The topological polar surface area (TPSA) is 29.1 Å². The van der Waals surface area contributed by atoms with Gasteiger partial charge < -0.3 is 5.32 Å². The van der Waals surface area contributed by atoms with Crippen LogP contribution < -0.4 is 5.32 Å². The predicted molar refractivity (Wildman–Crippen MR) is 78.8 cm³/mol. The SMILES string of the molecule is C[C@@H](NC(=O)c1cc(C(F)(F)F)cc(C(F)(F)F)c1)c1ccccc1. The fourth-order valence-electron chi connectivity index (χ4n) is 2.19. The normalized spacial score (nSPS) is 13.4. The van der Waals surface area contributed by atoms with Crippen LogP contribution in [0.4, 0.5) is 26.3 Å². The number of nitrogens with one attached hydrogen (secondary N) is 1. The van der Waals surface area contributed by atoms with E-state index in [0.29, 0.717) is 17.7 Å². The number of amides is 1. The summed E-state index contributed by atoms with van der Waals surface area (Å²) >= 11 is 0. The van der Waals surface area contributed by atoms with Crippen LogP contribution in [-0.4, -0.2) is 5.91 Å². The highest BCUT2D eigenvalue weighted by atomic mass is 19.4. The minimum absolute atomic E-state index is 0.0165. The molecule has 8 heteroatoms. The molecule has 0 aliphatic rings. The lowest BCUT2D eigenvalue weighted by Crippen LogP contribution is -2.27. The number of benzene rings is 2. The van der Waals surface area contributed by atoms with Gasteiger partial charge in [-0.2, -0.15) is 26.3 Å². The van der Waals surface area contributed by atoms with Crippen molar-refractivity contribution in [2.24, 2.45) is 0 Å². The molecule has 0 fully saturated rings. The second-order valence-electron chi connectivity index (χ2n) is 5.40. The van der Waals surface area contributed by atoms with E-state index in [4.69, 9.17) is 0 Å². The predicted octanol–water partition coefficient (Wildman–Crippen LogP) is 5.22. The fourth-order valence-corrected chi connectivity index (χ4v) is 2.19. The highest BCUT2D eigenvalue weighted by Gasteiger charge is 2.37. The molecule has 2 nitrogen and oxygen atoms in total. The monoisotopic (exact) mass is 361 g/mol. The second kappa shape index (κ2) is 6.78. The number of hydrogen-bond acceptors (Lipinski definition) is 1. The number of halogens is 6. The van der Waals surface area contributed by atoms with Crippen LogP contribution in [-0.2, 0) is 12.4 Å². The van der Waals surface area contributed by atoms with Crippen molar-refractivity contribution in [3.8, 4) is 0 Å². The van der Waals surface area contributed by atoms with E-state index in [9.17, 15) is 31.1 Å². The fraction of sp³-hybridized carbons (Fsp3) is 0.235. The summed E-state index contributed by atoms with van der Waals surface area (Å²) in [5, 5.41) is 2.40. The molecule has 25 heavy (non-hydrogen) atoms. The Balaban J connectivity index is 2.35. The van der Waals surface area contributed by atoms with E-state index in [-0.39, 0.29) is 6.07 Å². The Bertz CT molecular complexity index is 720. The lowest BCUT2D eigenvalue weighted by Gasteiger charge is -2.17. The summed E-state index contributed by atoms with van der Waals surface area (Å²) in [4.78, 5) is 12.1.